The summed E-state index contributed by atoms with van der Waals surface area (Å²) in [5, 5.41) is 12.8. The van der Waals surface area contributed by atoms with E-state index in [2.05, 4.69) is 5.32 Å². The summed E-state index contributed by atoms with van der Waals surface area (Å²) in [5.41, 5.74) is 0.374. The van der Waals surface area contributed by atoms with Crippen molar-refractivity contribution >= 4 is 11.8 Å². The van der Waals surface area contributed by atoms with Crippen molar-refractivity contribution in [1.82, 2.24) is 5.32 Å². The van der Waals surface area contributed by atoms with Crippen LogP contribution < -0.4 is 14.8 Å². The fraction of sp³-hybridized carbons (Fsp3) is 0.500. The van der Waals surface area contributed by atoms with E-state index in [0.29, 0.717) is 28.5 Å². The maximum atomic E-state index is 13.9. The Morgan fingerprint density at radius 3 is 2.44 bits per heavy atom. The molecule has 102 valence electrons. The summed E-state index contributed by atoms with van der Waals surface area (Å²) in [6, 6.07) is 1.29. The quantitative estimate of drug-likeness (QED) is 0.776. The van der Waals surface area contributed by atoms with Crippen LogP contribution in [0.5, 0.6) is 11.5 Å². The van der Waals surface area contributed by atoms with Gasteiger partial charge in [-0.05, 0) is 19.4 Å². The first-order valence-electron chi connectivity index (χ1n) is 5.41. The molecule has 0 aromatic heterocycles. The summed E-state index contributed by atoms with van der Waals surface area (Å²) in [6.07, 6.45) is 0.897. The van der Waals surface area contributed by atoms with Gasteiger partial charge in [-0.3, -0.25) is 0 Å². The summed E-state index contributed by atoms with van der Waals surface area (Å²) < 4.78 is 24.4. The minimum Gasteiger partial charge on any atom is -0.492 e. The molecule has 0 bridgehead atoms. The highest BCUT2D eigenvalue weighted by Crippen LogP contribution is 2.43. The van der Waals surface area contributed by atoms with Crippen molar-refractivity contribution in [3.8, 4) is 11.5 Å². The van der Waals surface area contributed by atoms with Crippen molar-refractivity contribution in [3.05, 3.63) is 17.4 Å². The minimum atomic E-state index is -0.857. The smallest absolute Gasteiger partial charge is 0.177 e. The summed E-state index contributed by atoms with van der Waals surface area (Å²) in [6.45, 7) is 0.303. The van der Waals surface area contributed by atoms with Crippen LogP contribution in [0.4, 0.5) is 4.39 Å². The van der Waals surface area contributed by atoms with Gasteiger partial charge in [0.1, 0.15) is 5.82 Å². The summed E-state index contributed by atoms with van der Waals surface area (Å²) in [5.74, 6) is 0.256. The fourth-order valence-electron chi connectivity index (χ4n) is 1.75. The second-order valence-corrected chi connectivity index (χ2v) is 4.44. The number of ether oxygens (including phenoxy) is 2. The molecule has 4 nitrogen and oxygen atoms in total. The molecule has 18 heavy (non-hydrogen) atoms. The zero-order valence-electron chi connectivity index (χ0n) is 10.9. The first-order valence-corrected chi connectivity index (χ1v) is 6.64. The van der Waals surface area contributed by atoms with Gasteiger partial charge in [-0.2, -0.15) is 0 Å². The van der Waals surface area contributed by atoms with Gasteiger partial charge in [0.25, 0.3) is 0 Å². The Morgan fingerprint density at radius 1 is 1.39 bits per heavy atom. The van der Waals surface area contributed by atoms with E-state index in [0.717, 1.165) is 0 Å². The Bertz CT molecular complexity index is 415. The number of aliphatic hydroxyl groups is 1. The number of halogens is 1. The third kappa shape index (κ3) is 2.88. The van der Waals surface area contributed by atoms with E-state index in [1.54, 1.807) is 13.3 Å². The molecular weight excluding hydrogens is 257 g/mol. The van der Waals surface area contributed by atoms with Crippen LogP contribution in [0.15, 0.2) is 11.0 Å². The molecule has 0 spiro atoms. The van der Waals surface area contributed by atoms with E-state index >= 15 is 0 Å². The van der Waals surface area contributed by atoms with Gasteiger partial charge in [-0.15, -0.1) is 11.8 Å². The van der Waals surface area contributed by atoms with E-state index in [-0.39, 0.29) is 0 Å². The molecule has 0 saturated heterocycles. The fourth-order valence-corrected chi connectivity index (χ4v) is 2.36. The maximum absolute atomic E-state index is 13.9. The largest absolute Gasteiger partial charge is 0.492 e. The average Bonchev–Trinajstić information content (AvgIpc) is 2.37. The van der Waals surface area contributed by atoms with Gasteiger partial charge in [0.2, 0.25) is 0 Å². The van der Waals surface area contributed by atoms with Gasteiger partial charge in [0.15, 0.2) is 11.5 Å². The molecule has 0 amide bonds. The lowest BCUT2D eigenvalue weighted by Gasteiger charge is -2.19. The number of methoxy groups -OCH3 is 2. The van der Waals surface area contributed by atoms with Gasteiger partial charge in [0.05, 0.1) is 25.2 Å². The number of nitrogens with one attached hydrogen (secondary N) is 1. The van der Waals surface area contributed by atoms with E-state index in [1.165, 1.54) is 32.0 Å². The van der Waals surface area contributed by atoms with Crippen molar-refractivity contribution in [1.29, 1.82) is 0 Å². The summed E-state index contributed by atoms with van der Waals surface area (Å²) in [4.78, 5) is 0.370. The van der Waals surface area contributed by atoms with Crippen molar-refractivity contribution in [3.63, 3.8) is 0 Å². The van der Waals surface area contributed by atoms with Crippen LogP contribution in [0.1, 0.15) is 11.7 Å². The Balaban J connectivity index is 3.39. The molecule has 1 aromatic rings. The number of aliphatic hydroxyl groups excluding tert-OH is 1. The van der Waals surface area contributed by atoms with Crippen LogP contribution in [0.2, 0.25) is 0 Å². The molecule has 1 aromatic carbocycles. The third-order valence-electron chi connectivity index (χ3n) is 2.54. The lowest BCUT2D eigenvalue weighted by molar-refractivity contribution is 0.171. The molecule has 0 aliphatic rings. The number of hydrogen-bond donors (Lipinski definition) is 2. The van der Waals surface area contributed by atoms with Gasteiger partial charge in [-0.25, -0.2) is 4.39 Å². The predicted octanol–water partition coefficient (Wildman–Crippen LogP) is 1.82. The second kappa shape index (κ2) is 6.82. The van der Waals surface area contributed by atoms with Gasteiger partial charge < -0.3 is 19.9 Å². The molecule has 0 saturated carbocycles. The number of hydrogen-bond acceptors (Lipinski definition) is 5. The molecular formula is C12H18FNO3S. The molecule has 0 aliphatic carbocycles. The zero-order chi connectivity index (χ0) is 13.7. The highest BCUT2D eigenvalue weighted by atomic mass is 32.2. The van der Waals surface area contributed by atoms with Crippen LogP contribution in [-0.2, 0) is 0 Å². The first kappa shape index (κ1) is 15.1. The number of rotatable bonds is 6. The summed E-state index contributed by atoms with van der Waals surface area (Å²) in [7, 11) is 4.63. The Hall–Kier alpha value is -0.980. The van der Waals surface area contributed by atoms with Crippen LogP contribution in [0.25, 0.3) is 0 Å². The van der Waals surface area contributed by atoms with Crippen molar-refractivity contribution in [2.24, 2.45) is 0 Å². The van der Waals surface area contributed by atoms with Gasteiger partial charge >= 0.3 is 0 Å². The van der Waals surface area contributed by atoms with Crippen LogP contribution in [0, 0.1) is 5.82 Å². The molecule has 2 N–H and O–H groups in total. The molecule has 1 atom stereocenters. The second-order valence-electron chi connectivity index (χ2n) is 3.62. The Morgan fingerprint density at radius 2 is 2.00 bits per heavy atom. The molecule has 0 aliphatic heterocycles. The van der Waals surface area contributed by atoms with E-state index in [9.17, 15) is 9.50 Å². The van der Waals surface area contributed by atoms with Crippen molar-refractivity contribution in [2.75, 3.05) is 34.1 Å². The molecule has 1 rings (SSSR count). The zero-order valence-corrected chi connectivity index (χ0v) is 11.7. The van der Waals surface area contributed by atoms with Gasteiger partial charge in [0, 0.05) is 12.1 Å². The minimum absolute atomic E-state index is 0.303. The lowest BCUT2D eigenvalue weighted by Crippen LogP contribution is -2.18. The summed E-state index contributed by atoms with van der Waals surface area (Å²) >= 11 is 1.23. The molecule has 0 radical (unpaired) electrons. The van der Waals surface area contributed by atoms with E-state index < -0.39 is 11.9 Å². The lowest BCUT2D eigenvalue weighted by atomic mass is 10.1. The van der Waals surface area contributed by atoms with E-state index in [4.69, 9.17) is 9.47 Å². The third-order valence-corrected chi connectivity index (χ3v) is 3.33. The number of benzene rings is 1. The normalized spacial score (nSPS) is 12.3. The topological polar surface area (TPSA) is 50.7 Å². The van der Waals surface area contributed by atoms with Crippen molar-refractivity contribution in [2.45, 2.75) is 11.0 Å². The number of thioether (sulfide) groups is 1. The van der Waals surface area contributed by atoms with E-state index in [1.807, 2.05) is 0 Å². The van der Waals surface area contributed by atoms with Gasteiger partial charge in [-0.1, -0.05) is 0 Å². The van der Waals surface area contributed by atoms with Crippen molar-refractivity contribution < 1.29 is 19.0 Å². The monoisotopic (exact) mass is 275 g/mol. The Labute approximate surface area is 110 Å². The maximum Gasteiger partial charge on any atom is 0.177 e. The van der Waals surface area contributed by atoms with Crippen LogP contribution in [0.3, 0.4) is 0 Å². The van der Waals surface area contributed by atoms with Crippen LogP contribution >= 0.6 is 11.8 Å². The SMILES string of the molecule is CNCC(O)c1cc(F)c(SC)c(OC)c1OC. The highest BCUT2D eigenvalue weighted by molar-refractivity contribution is 7.98. The predicted molar refractivity (Wildman–Crippen MR) is 70.2 cm³/mol. The molecule has 1 unspecified atom stereocenters. The average molecular weight is 275 g/mol. The molecule has 6 heteroatoms. The number of likely N-dealkylation sites (N-methyl/N-ethyl adjacent to an activating group) is 1. The standard InChI is InChI=1S/C12H18FNO3S/c1-14-6-9(15)7-5-8(13)12(18-4)11(17-3)10(7)16-2/h5,9,14-15H,6H2,1-4H3. The van der Waals surface area contributed by atoms with Crippen LogP contribution in [-0.4, -0.2) is 39.2 Å². The first-order chi connectivity index (χ1) is 8.60. The molecule has 0 fully saturated rings. The highest BCUT2D eigenvalue weighted by Gasteiger charge is 2.23. The molecule has 0 heterocycles. The Kier molecular flexibility index (Phi) is 5.71.